The van der Waals surface area contributed by atoms with Crippen molar-refractivity contribution < 1.29 is 4.79 Å². The molecule has 6 heteroatoms. The molecular formula is C14H11BrCl2N2O. The summed E-state index contributed by atoms with van der Waals surface area (Å²) < 4.78 is 0.945. The maximum atomic E-state index is 11.8. The van der Waals surface area contributed by atoms with Crippen LogP contribution in [0.15, 0.2) is 46.9 Å². The first-order chi connectivity index (χ1) is 9.58. The normalized spacial score (nSPS) is 10.2. The Balaban J connectivity index is 1.96. The van der Waals surface area contributed by atoms with E-state index in [9.17, 15) is 4.79 Å². The molecule has 2 N–H and O–H groups in total. The van der Waals surface area contributed by atoms with Crippen LogP contribution in [-0.2, 0) is 6.54 Å². The minimum absolute atomic E-state index is 0.324. The average Bonchev–Trinajstić information content (AvgIpc) is 2.43. The molecule has 0 atom stereocenters. The highest BCUT2D eigenvalue weighted by atomic mass is 79.9. The summed E-state index contributed by atoms with van der Waals surface area (Å²) in [7, 11) is 0. The molecule has 0 aliphatic heterocycles. The molecule has 0 aliphatic rings. The summed E-state index contributed by atoms with van der Waals surface area (Å²) in [5, 5.41) is 6.13. The van der Waals surface area contributed by atoms with Crippen LogP contribution in [0.3, 0.4) is 0 Å². The molecule has 104 valence electrons. The molecule has 0 heterocycles. The maximum absolute atomic E-state index is 11.8. The zero-order valence-corrected chi connectivity index (χ0v) is 13.4. The van der Waals surface area contributed by atoms with Gasteiger partial charge in [-0.3, -0.25) is 0 Å². The standard InChI is InChI=1S/C14H11BrCl2N2O/c15-10-5-2-1-4-9(10)8-18-14(20)19-12-7-3-6-11(16)13(12)17/h1-7H,8H2,(H2,18,19,20). The monoisotopic (exact) mass is 372 g/mol. The molecular weight excluding hydrogens is 363 g/mol. The zero-order valence-electron chi connectivity index (χ0n) is 10.3. The van der Waals surface area contributed by atoms with Gasteiger partial charge < -0.3 is 10.6 Å². The van der Waals surface area contributed by atoms with E-state index in [0.29, 0.717) is 22.3 Å². The molecule has 0 aromatic heterocycles. The molecule has 0 unspecified atom stereocenters. The summed E-state index contributed by atoms with van der Waals surface area (Å²) in [6.45, 7) is 0.408. The number of benzene rings is 2. The van der Waals surface area contributed by atoms with Crippen molar-refractivity contribution in [2.75, 3.05) is 5.32 Å². The van der Waals surface area contributed by atoms with Crippen LogP contribution in [0.4, 0.5) is 10.5 Å². The third kappa shape index (κ3) is 3.88. The lowest BCUT2D eigenvalue weighted by atomic mass is 10.2. The molecule has 0 saturated carbocycles. The van der Waals surface area contributed by atoms with Crippen LogP contribution < -0.4 is 10.6 Å². The maximum Gasteiger partial charge on any atom is 0.319 e. The van der Waals surface area contributed by atoms with Gasteiger partial charge in [-0.1, -0.05) is 63.4 Å². The van der Waals surface area contributed by atoms with E-state index in [1.54, 1.807) is 18.2 Å². The number of hydrogen-bond donors (Lipinski definition) is 2. The fourth-order valence-electron chi connectivity index (χ4n) is 1.58. The predicted molar refractivity (Wildman–Crippen MR) is 86.5 cm³/mol. The quantitative estimate of drug-likeness (QED) is 0.773. The second kappa shape index (κ2) is 6.97. The van der Waals surface area contributed by atoms with E-state index in [1.807, 2.05) is 24.3 Å². The van der Waals surface area contributed by atoms with E-state index in [-0.39, 0.29) is 6.03 Å². The van der Waals surface area contributed by atoms with E-state index in [1.165, 1.54) is 0 Å². The van der Waals surface area contributed by atoms with Gasteiger partial charge in [0.15, 0.2) is 0 Å². The van der Waals surface area contributed by atoms with Crippen LogP contribution in [0.1, 0.15) is 5.56 Å². The molecule has 2 aromatic carbocycles. The summed E-state index contributed by atoms with van der Waals surface area (Å²) in [6.07, 6.45) is 0. The third-order valence-electron chi connectivity index (χ3n) is 2.60. The van der Waals surface area contributed by atoms with Gasteiger partial charge in [-0.15, -0.1) is 0 Å². The summed E-state index contributed by atoms with van der Waals surface area (Å²) >= 11 is 15.3. The van der Waals surface area contributed by atoms with E-state index < -0.39 is 0 Å². The number of carbonyl (C=O) groups excluding carboxylic acids is 1. The molecule has 2 aromatic rings. The Morgan fingerprint density at radius 2 is 1.85 bits per heavy atom. The Bertz CT molecular complexity index is 634. The van der Waals surface area contributed by atoms with E-state index in [4.69, 9.17) is 23.2 Å². The van der Waals surface area contributed by atoms with Crippen molar-refractivity contribution in [3.8, 4) is 0 Å². The molecule has 0 bridgehead atoms. The van der Waals surface area contributed by atoms with Crippen LogP contribution in [-0.4, -0.2) is 6.03 Å². The number of urea groups is 1. The molecule has 0 radical (unpaired) electrons. The van der Waals surface area contributed by atoms with Crippen molar-refractivity contribution in [1.82, 2.24) is 5.32 Å². The minimum Gasteiger partial charge on any atom is -0.334 e. The first-order valence-electron chi connectivity index (χ1n) is 5.80. The van der Waals surface area contributed by atoms with Gasteiger partial charge in [0.05, 0.1) is 15.7 Å². The molecule has 20 heavy (non-hydrogen) atoms. The molecule has 2 amide bonds. The first kappa shape index (κ1) is 15.2. The fourth-order valence-corrected chi connectivity index (χ4v) is 2.36. The van der Waals surface area contributed by atoms with Crippen LogP contribution in [0.5, 0.6) is 0 Å². The van der Waals surface area contributed by atoms with Crippen molar-refractivity contribution >= 4 is 50.9 Å². The summed E-state index contributed by atoms with van der Waals surface area (Å²) in [6, 6.07) is 12.4. The number of hydrogen-bond acceptors (Lipinski definition) is 1. The van der Waals surface area contributed by atoms with Crippen molar-refractivity contribution in [2.45, 2.75) is 6.54 Å². The van der Waals surface area contributed by atoms with E-state index >= 15 is 0 Å². The van der Waals surface area contributed by atoms with E-state index in [0.717, 1.165) is 10.0 Å². The highest BCUT2D eigenvalue weighted by Gasteiger charge is 2.08. The minimum atomic E-state index is -0.343. The number of rotatable bonds is 3. The van der Waals surface area contributed by atoms with Crippen LogP contribution in [0.25, 0.3) is 0 Å². The van der Waals surface area contributed by atoms with Gasteiger partial charge >= 0.3 is 6.03 Å². The lowest BCUT2D eigenvalue weighted by molar-refractivity contribution is 0.251. The van der Waals surface area contributed by atoms with Crippen LogP contribution in [0, 0.1) is 0 Å². The summed E-state index contributed by atoms with van der Waals surface area (Å²) in [5.74, 6) is 0. The van der Waals surface area contributed by atoms with Crippen molar-refractivity contribution in [2.24, 2.45) is 0 Å². The highest BCUT2D eigenvalue weighted by Crippen LogP contribution is 2.29. The first-order valence-corrected chi connectivity index (χ1v) is 7.35. The summed E-state index contributed by atoms with van der Waals surface area (Å²) in [5.41, 5.74) is 1.46. The average molecular weight is 374 g/mol. The number of nitrogens with one attached hydrogen (secondary N) is 2. The lowest BCUT2D eigenvalue weighted by Crippen LogP contribution is -2.28. The highest BCUT2D eigenvalue weighted by molar-refractivity contribution is 9.10. The van der Waals surface area contributed by atoms with E-state index in [2.05, 4.69) is 26.6 Å². The fraction of sp³-hybridized carbons (Fsp3) is 0.0714. The van der Waals surface area contributed by atoms with Gasteiger partial charge in [0.1, 0.15) is 0 Å². The zero-order chi connectivity index (χ0) is 14.5. The number of halogens is 3. The molecule has 2 rings (SSSR count). The van der Waals surface area contributed by atoms with Crippen molar-refractivity contribution in [1.29, 1.82) is 0 Å². The Morgan fingerprint density at radius 3 is 2.60 bits per heavy atom. The SMILES string of the molecule is O=C(NCc1ccccc1Br)Nc1cccc(Cl)c1Cl. The van der Waals surface area contributed by atoms with Crippen LogP contribution in [0.2, 0.25) is 10.0 Å². The lowest BCUT2D eigenvalue weighted by Gasteiger charge is -2.10. The molecule has 0 saturated heterocycles. The van der Waals surface area contributed by atoms with Gasteiger partial charge in [-0.2, -0.15) is 0 Å². The third-order valence-corrected chi connectivity index (χ3v) is 4.19. The topological polar surface area (TPSA) is 41.1 Å². The van der Waals surface area contributed by atoms with Gasteiger partial charge in [0, 0.05) is 11.0 Å². The molecule has 0 fully saturated rings. The predicted octanol–water partition coefficient (Wildman–Crippen LogP) is 5.08. The Labute approximate surface area is 135 Å². The van der Waals surface area contributed by atoms with Gasteiger partial charge in [-0.05, 0) is 23.8 Å². The van der Waals surface area contributed by atoms with Gasteiger partial charge in [-0.25, -0.2) is 4.79 Å². The molecule has 0 aliphatic carbocycles. The van der Waals surface area contributed by atoms with Gasteiger partial charge in [0.25, 0.3) is 0 Å². The second-order valence-electron chi connectivity index (χ2n) is 4.00. The Hall–Kier alpha value is -1.23. The largest absolute Gasteiger partial charge is 0.334 e. The Morgan fingerprint density at radius 1 is 1.10 bits per heavy atom. The second-order valence-corrected chi connectivity index (χ2v) is 5.64. The van der Waals surface area contributed by atoms with Crippen molar-refractivity contribution in [3.63, 3.8) is 0 Å². The van der Waals surface area contributed by atoms with Crippen molar-refractivity contribution in [3.05, 3.63) is 62.5 Å². The molecule has 3 nitrogen and oxygen atoms in total. The molecule has 0 spiro atoms. The summed E-state index contributed by atoms with van der Waals surface area (Å²) in [4.78, 5) is 11.8. The Kier molecular flexibility index (Phi) is 5.29. The number of anilines is 1. The number of amides is 2. The smallest absolute Gasteiger partial charge is 0.319 e. The van der Waals surface area contributed by atoms with Crippen LogP contribution >= 0.6 is 39.1 Å². The number of carbonyl (C=O) groups is 1. The van der Waals surface area contributed by atoms with Gasteiger partial charge in [0.2, 0.25) is 0 Å².